The van der Waals surface area contributed by atoms with Gasteiger partial charge in [-0.3, -0.25) is 14.5 Å². The van der Waals surface area contributed by atoms with E-state index in [4.69, 9.17) is 16.6 Å². The van der Waals surface area contributed by atoms with Gasteiger partial charge in [0.05, 0.1) is 11.9 Å². The van der Waals surface area contributed by atoms with Crippen LogP contribution in [0.5, 0.6) is 0 Å². The molecule has 2 aliphatic rings. The Bertz CT molecular complexity index is 985. The van der Waals surface area contributed by atoms with Gasteiger partial charge in [-0.05, 0) is 36.2 Å². The maximum Gasteiger partial charge on any atom is 0.259 e. The third kappa shape index (κ3) is 4.43. The van der Waals surface area contributed by atoms with E-state index in [0.29, 0.717) is 37.9 Å². The number of rotatable bonds is 4. The molecule has 2 aromatic rings. The van der Waals surface area contributed by atoms with Gasteiger partial charge in [-0.1, -0.05) is 20.8 Å². The largest absolute Gasteiger partial charge is 0.340 e. The number of thiophene rings is 1. The van der Waals surface area contributed by atoms with Crippen molar-refractivity contribution in [2.24, 2.45) is 11.3 Å². The Labute approximate surface area is 186 Å². The molecule has 0 bridgehead atoms. The zero-order valence-electron chi connectivity index (χ0n) is 18.1. The van der Waals surface area contributed by atoms with Crippen LogP contribution in [0.3, 0.4) is 0 Å². The molecule has 1 amide bonds. The van der Waals surface area contributed by atoms with Crippen molar-refractivity contribution >= 4 is 39.1 Å². The minimum atomic E-state index is -0.00219. The second kappa shape index (κ2) is 8.60. The van der Waals surface area contributed by atoms with E-state index >= 15 is 0 Å². The van der Waals surface area contributed by atoms with Gasteiger partial charge in [-0.15, -0.1) is 22.9 Å². The molecule has 6 nitrogen and oxygen atoms in total. The smallest absolute Gasteiger partial charge is 0.259 e. The molecule has 1 saturated heterocycles. The summed E-state index contributed by atoms with van der Waals surface area (Å²) in [4.78, 5) is 39.1. The molecular weight excluding hydrogens is 420 g/mol. The fourth-order valence-electron chi connectivity index (χ4n) is 4.65. The molecule has 0 unspecified atom stereocenters. The second-order valence-corrected chi connectivity index (χ2v) is 11.1. The van der Waals surface area contributed by atoms with Crippen LogP contribution in [-0.2, 0) is 24.2 Å². The number of fused-ring (bicyclic) bond motifs is 3. The number of hydrogen-bond acceptors (Lipinski definition) is 5. The van der Waals surface area contributed by atoms with Crippen LogP contribution in [0.2, 0.25) is 0 Å². The minimum Gasteiger partial charge on any atom is -0.340 e. The topological polar surface area (TPSA) is 69.3 Å². The minimum absolute atomic E-state index is 0.00219. The number of carbonyl (C=O) groups excluding carboxylic acids is 1. The van der Waals surface area contributed by atoms with Crippen molar-refractivity contribution in [1.29, 1.82) is 0 Å². The predicted octanol–water partition coefficient (Wildman–Crippen LogP) is 3.41. The van der Waals surface area contributed by atoms with Crippen LogP contribution >= 0.6 is 22.9 Å². The summed E-state index contributed by atoms with van der Waals surface area (Å²) in [6, 6.07) is 0. The van der Waals surface area contributed by atoms with Crippen LogP contribution < -0.4 is 5.56 Å². The van der Waals surface area contributed by atoms with Crippen LogP contribution in [0.1, 0.15) is 49.9 Å². The maximum atomic E-state index is 12.9. The monoisotopic (exact) mass is 450 g/mol. The SMILES string of the molecule is CC(C)(C)[C@@H]1CCc2c(sc3nc(CN4CCN(C(=O)CCCl)CC4)[nH]c(=O)c23)C1. The Hall–Kier alpha value is -1.44. The number of aromatic nitrogens is 2. The molecular formula is C22H31ClN4O2S. The van der Waals surface area contributed by atoms with E-state index in [1.807, 2.05) is 4.90 Å². The molecule has 4 rings (SSSR count). The van der Waals surface area contributed by atoms with Crippen LogP contribution in [0.15, 0.2) is 4.79 Å². The van der Waals surface area contributed by atoms with Crippen molar-refractivity contribution in [2.45, 2.75) is 53.0 Å². The van der Waals surface area contributed by atoms with Gasteiger partial charge in [0.2, 0.25) is 5.91 Å². The highest BCUT2D eigenvalue weighted by Crippen LogP contribution is 2.41. The van der Waals surface area contributed by atoms with Gasteiger partial charge in [0.15, 0.2) is 0 Å². The normalized spacial score (nSPS) is 20.5. The first kappa shape index (κ1) is 21.8. The first-order valence-electron chi connectivity index (χ1n) is 10.9. The van der Waals surface area contributed by atoms with E-state index in [-0.39, 0.29) is 16.9 Å². The van der Waals surface area contributed by atoms with Crippen LogP contribution in [0.25, 0.3) is 10.2 Å². The molecule has 2 aromatic heterocycles. The molecule has 0 radical (unpaired) electrons. The third-order valence-electron chi connectivity index (χ3n) is 6.60. The number of amides is 1. The lowest BCUT2D eigenvalue weighted by Crippen LogP contribution is -2.48. The molecule has 0 aromatic carbocycles. The number of hydrogen-bond donors (Lipinski definition) is 1. The molecule has 3 heterocycles. The van der Waals surface area contributed by atoms with E-state index in [2.05, 4.69) is 30.7 Å². The van der Waals surface area contributed by atoms with E-state index in [0.717, 1.165) is 48.4 Å². The molecule has 0 saturated carbocycles. The molecule has 164 valence electrons. The zero-order chi connectivity index (χ0) is 21.5. The summed E-state index contributed by atoms with van der Waals surface area (Å²) in [6.07, 6.45) is 3.55. The molecule has 1 fully saturated rings. The summed E-state index contributed by atoms with van der Waals surface area (Å²) in [5.41, 5.74) is 1.51. The highest BCUT2D eigenvalue weighted by molar-refractivity contribution is 7.18. The lowest BCUT2D eigenvalue weighted by Gasteiger charge is -2.34. The van der Waals surface area contributed by atoms with Crippen LogP contribution in [-0.4, -0.2) is 57.7 Å². The lowest BCUT2D eigenvalue weighted by molar-refractivity contribution is -0.132. The average molecular weight is 451 g/mol. The fourth-order valence-corrected chi connectivity index (χ4v) is 6.13. The summed E-state index contributed by atoms with van der Waals surface area (Å²) >= 11 is 7.39. The maximum absolute atomic E-state index is 12.9. The van der Waals surface area contributed by atoms with Gasteiger partial charge >= 0.3 is 0 Å². The number of H-pyrrole nitrogens is 1. The van der Waals surface area contributed by atoms with Crippen molar-refractivity contribution in [3.63, 3.8) is 0 Å². The van der Waals surface area contributed by atoms with Gasteiger partial charge in [0.25, 0.3) is 5.56 Å². The summed E-state index contributed by atoms with van der Waals surface area (Å²) < 4.78 is 0. The number of nitrogens with one attached hydrogen (secondary N) is 1. The molecule has 8 heteroatoms. The van der Waals surface area contributed by atoms with E-state index in [9.17, 15) is 9.59 Å². The van der Waals surface area contributed by atoms with Gasteiger partial charge in [-0.25, -0.2) is 4.98 Å². The Kier molecular flexibility index (Phi) is 6.24. The number of aromatic amines is 1. The summed E-state index contributed by atoms with van der Waals surface area (Å²) in [6.45, 7) is 10.5. The second-order valence-electron chi connectivity index (χ2n) is 9.60. The first-order chi connectivity index (χ1) is 14.3. The molecule has 1 aliphatic heterocycles. The van der Waals surface area contributed by atoms with Crippen LogP contribution in [0.4, 0.5) is 0 Å². The number of halogens is 1. The lowest BCUT2D eigenvalue weighted by atomic mass is 9.72. The number of aryl methyl sites for hydroxylation is 1. The van der Waals surface area contributed by atoms with Gasteiger partial charge in [0, 0.05) is 43.4 Å². The molecule has 1 aliphatic carbocycles. The van der Waals surface area contributed by atoms with Gasteiger partial charge in [-0.2, -0.15) is 0 Å². The highest BCUT2D eigenvalue weighted by atomic mass is 35.5. The quantitative estimate of drug-likeness (QED) is 0.724. The number of carbonyl (C=O) groups is 1. The van der Waals surface area contributed by atoms with Crippen LogP contribution in [0, 0.1) is 11.3 Å². The predicted molar refractivity (Wildman–Crippen MR) is 122 cm³/mol. The van der Waals surface area contributed by atoms with Gasteiger partial charge < -0.3 is 9.88 Å². The number of alkyl halides is 1. The number of nitrogens with zero attached hydrogens (tertiary/aromatic N) is 3. The fraction of sp³-hybridized carbons (Fsp3) is 0.682. The van der Waals surface area contributed by atoms with E-state index in [1.54, 1.807) is 11.3 Å². The molecule has 30 heavy (non-hydrogen) atoms. The Morgan fingerprint density at radius 1 is 1.27 bits per heavy atom. The first-order valence-corrected chi connectivity index (χ1v) is 12.2. The summed E-state index contributed by atoms with van der Waals surface area (Å²) in [5.74, 6) is 1.86. The van der Waals surface area contributed by atoms with E-state index < -0.39 is 0 Å². The summed E-state index contributed by atoms with van der Waals surface area (Å²) in [7, 11) is 0. The Balaban J connectivity index is 1.48. The van der Waals surface area contributed by atoms with Gasteiger partial charge in [0.1, 0.15) is 10.7 Å². The van der Waals surface area contributed by atoms with Crippen molar-refractivity contribution in [1.82, 2.24) is 19.8 Å². The standard InChI is InChI=1S/C22H31ClN4O2S/c1-22(2,3)14-4-5-15-16(12-14)30-21-19(15)20(29)24-17(25-21)13-26-8-10-27(11-9-26)18(28)6-7-23/h14H,4-13H2,1-3H3,(H,24,25,29)/t14-/m1/s1. The Morgan fingerprint density at radius 3 is 2.67 bits per heavy atom. The van der Waals surface area contributed by atoms with Crippen molar-refractivity contribution < 1.29 is 4.79 Å². The van der Waals surface area contributed by atoms with E-state index in [1.165, 1.54) is 10.4 Å². The average Bonchev–Trinajstić information content (AvgIpc) is 3.06. The highest BCUT2D eigenvalue weighted by Gasteiger charge is 2.31. The molecule has 1 N–H and O–H groups in total. The van der Waals surface area contributed by atoms with Crippen molar-refractivity contribution in [3.8, 4) is 0 Å². The number of piperazine rings is 1. The summed E-state index contributed by atoms with van der Waals surface area (Å²) in [5, 5.41) is 0.808. The third-order valence-corrected chi connectivity index (χ3v) is 7.94. The molecule has 0 spiro atoms. The Morgan fingerprint density at radius 2 is 2.00 bits per heavy atom. The zero-order valence-corrected chi connectivity index (χ0v) is 19.7. The molecule has 1 atom stereocenters. The van der Waals surface area contributed by atoms with Crippen molar-refractivity contribution in [2.75, 3.05) is 32.1 Å². The van der Waals surface area contributed by atoms with Crippen molar-refractivity contribution in [3.05, 3.63) is 26.6 Å².